The van der Waals surface area contributed by atoms with Gasteiger partial charge in [-0.3, -0.25) is 14.4 Å². The van der Waals surface area contributed by atoms with Gasteiger partial charge in [-0.25, -0.2) is 0 Å². The molecule has 0 aliphatic rings. The first-order chi connectivity index (χ1) is 8.09. The van der Waals surface area contributed by atoms with Crippen molar-refractivity contribution in [1.82, 2.24) is 0 Å². The number of Topliss-reactive ketones (excluding diaryl/α,β-unsaturated/α-hetero) is 1. The Morgan fingerprint density at radius 3 is 2.29 bits per heavy atom. The van der Waals surface area contributed by atoms with E-state index in [0.717, 1.165) is 0 Å². The second kappa shape index (κ2) is 6.42. The van der Waals surface area contributed by atoms with Crippen molar-refractivity contribution in [3.05, 3.63) is 35.9 Å². The molecule has 0 fully saturated rings. The summed E-state index contributed by atoms with van der Waals surface area (Å²) in [6, 6.07) is 8.43. The zero-order valence-electron chi connectivity index (χ0n) is 9.09. The van der Waals surface area contributed by atoms with Gasteiger partial charge in [0.2, 0.25) is 0 Å². The number of aliphatic carboxylic acids is 1. The molecule has 0 aliphatic heterocycles. The zero-order chi connectivity index (χ0) is 12.7. The zero-order valence-corrected chi connectivity index (χ0v) is 9.09. The Labute approximate surface area is 98.0 Å². The van der Waals surface area contributed by atoms with Crippen molar-refractivity contribution in [2.24, 2.45) is 0 Å². The number of rotatable bonds is 6. The Balaban J connectivity index is 2.34. The summed E-state index contributed by atoms with van der Waals surface area (Å²) in [6.45, 7) is -0.359. The van der Waals surface area contributed by atoms with Crippen LogP contribution in [-0.4, -0.2) is 29.4 Å². The van der Waals surface area contributed by atoms with Crippen molar-refractivity contribution in [2.45, 2.75) is 12.8 Å². The number of ether oxygens (including phenoxy) is 1. The van der Waals surface area contributed by atoms with E-state index >= 15 is 0 Å². The van der Waals surface area contributed by atoms with E-state index < -0.39 is 11.9 Å². The quantitative estimate of drug-likeness (QED) is 0.594. The summed E-state index contributed by atoms with van der Waals surface area (Å²) in [6.07, 6.45) is -0.518. The SMILES string of the molecule is O=C(O)CCC(=O)OCC(=O)c1ccccc1. The smallest absolute Gasteiger partial charge is 0.306 e. The largest absolute Gasteiger partial charge is 0.481 e. The van der Waals surface area contributed by atoms with E-state index in [1.807, 2.05) is 0 Å². The van der Waals surface area contributed by atoms with Crippen molar-refractivity contribution in [1.29, 1.82) is 0 Å². The van der Waals surface area contributed by atoms with Crippen LogP contribution in [0.5, 0.6) is 0 Å². The molecule has 0 saturated heterocycles. The van der Waals surface area contributed by atoms with E-state index in [2.05, 4.69) is 4.74 Å². The molecule has 0 heterocycles. The second-order valence-electron chi connectivity index (χ2n) is 3.34. The number of hydrogen-bond donors (Lipinski definition) is 1. The van der Waals surface area contributed by atoms with Crippen molar-refractivity contribution in [3.63, 3.8) is 0 Å². The van der Waals surface area contributed by atoms with Crippen molar-refractivity contribution in [3.8, 4) is 0 Å². The van der Waals surface area contributed by atoms with Gasteiger partial charge in [0.25, 0.3) is 0 Å². The van der Waals surface area contributed by atoms with Crippen LogP contribution < -0.4 is 0 Å². The maximum absolute atomic E-state index is 11.5. The lowest BCUT2D eigenvalue weighted by Gasteiger charge is -2.03. The Hall–Kier alpha value is -2.17. The number of hydrogen-bond acceptors (Lipinski definition) is 4. The molecule has 17 heavy (non-hydrogen) atoms. The molecule has 5 nitrogen and oxygen atoms in total. The van der Waals surface area contributed by atoms with E-state index in [9.17, 15) is 14.4 Å². The average Bonchev–Trinajstić information content (AvgIpc) is 2.34. The minimum atomic E-state index is -1.07. The Bertz CT molecular complexity index is 410. The van der Waals surface area contributed by atoms with E-state index in [-0.39, 0.29) is 25.2 Å². The van der Waals surface area contributed by atoms with E-state index in [1.54, 1.807) is 30.3 Å². The van der Waals surface area contributed by atoms with Crippen LogP contribution in [-0.2, 0) is 14.3 Å². The molecule has 1 rings (SSSR count). The summed E-state index contributed by atoms with van der Waals surface area (Å²) in [5.74, 6) is -2.07. The highest BCUT2D eigenvalue weighted by atomic mass is 16.5. The van der Waals surface area contributed by atoms with Gasteiger partial charge < -0.3 is 9.84 Å². The maximum Gasteiger partial charge on any atom is 0.306 e. The molecule has 1 aromatic carbocycles. The predicted molar refractivity (Wildman–Crippen MR) is 58.6 cm³/mol. The van der Waals surface area contributed by atoms with Crippen LogP contribution in [0.2, 0.25) is 0 Å². The van der Waals surface area contributed by atoms with Crippen LogP contribution in [0.4, 0.5) is 0 Å². The summed E-state index contributed by atoms with van der Waals surface area (Å²) in [5, 5.41) is 8.34. The topological polar surface area (TPSA) is 80.7 Å². The minimum absolute atomic E-state index is 0.225. The molecule has 0 aromatic heterocycles. The third kappa shape index (κ3) is 4.92. The van der Waals surface area contributed by atoms with Crippen molar-refractivity contribution >= 4 is 17.7 Å². The highest BCUT2D eigenvalue weighted by Crippen LogP contribution is 2.01. The normalized spacial score (nSPS) is 9.65. The van der Waals surface area contributed by atoms with Gasteiger partial charge in [0.1, 0.15) is 0 Å². The fourth-order valence-electron chi connectivity index (χ4n) is 1.13. The molecule has 0 amide bonds. The van der Waals surface area contributed by atoms with Gasteiger partial charge in [0, 0.05) is 5.56 Å². The number of carbonyl (C=O) groups is 3. The van der Waals surface area contributed by atoms with Crippen LogP contribution in [0.15, 0.2) is 30.3 Å². The van der Waals surface area contributed by atoms with Gasteiger partial charge in [0.15, 0.2) is 12.4 Å². The van der Waals surface area contributed by atoms with Crippen molar-refractivity contribution < 1.29 is 24.2 Å². The molecule has 0 aliphatic carbocycles. The van der Waals surface area contributed by atoms with Crippen LogP contribution in [0.3, 0.4) is 0 Å². The molecular formula is C12H12O5. The van der Waals surface area contributed by atoms with E-state index in [4.69, 9.17) is 5.11 Å². The Kier molecular flexibility index (Phi) is 4.87. The van der Waals surface area contributed by atoms with E-state index in [0.29, 0.717) is 5.56 Å². The standard InChI is InChI=1S/C12H12O5/c13-10(9-4-2-1-3-5-9)8-17-12(16)7-6-11(14)15/h1-5H,6-8H2,(H,14,15). The minimum Gasteiger partial charge on any atom is -0.481 e. The molecule has 0 saturated carbocycles. The maximum atomic E-state index is 11.5. The highest BCUT2D eigenvalue weighted by Gasteiger charge is 2.10. The molecule has 0 unspecified atom stereocenters. The third-order valence-electron chi connectivity index (χ3n) is 2.00. The lowest BCUT2D eigenvalue weighted by molar-refractivity contribution is -0.146. The first-order valence-corrected chi connectivity index (χ1v) is 5.05. The summed E-state index contributed by atoms with van der Waals surface area (Å²) in [5.41, 5.74) is 0.457. The molecule has 0 radical (unpaired) electrons. The number of carboxylic acids is 1. The molecule has 1 N–H and O–H groups in total. The predicted octanol–water partition coefficient (Wildman–Crippen LogP) is 1.28. The van der Waals surface area contributed by atoms with Crippen LogP contribution >= 0.6 is 0 Å². The van der Waals surface area contributed by atoms with E-state index in [1.165, 1.54) is 0 Å². The number of carbonyl (C=O) groups excluding carboxylic acids is 2. The molecule has 90 valence electrons. The molecule has 0 bridgehead atoms. The van der Waals surface area contributed by atoms with Gasteiger partial charge in [-0.1, -0.05) is 30.3 Å². The molecule has 5 heteroatoms. The number of carboxylic acid groups (broad SMARTS) is 1. The summed E-state index contributed by atoms with van der Waals surface area (Å²) < 4.78 is 4.66. The Morgan fingerprint density at radius 1 is 1.06 bits per heavy atom. The molecule has 0 spiro atoms. The number of esters is 1. The lowest BCUT2D eigenvalue weighted by atomic mass is 10.1. The molecule has 1 aromatic rings. The monoisotopic (exact) mass is 236 g/mol. The molecule has 0 atom stereocenters. The first kappa shape index (κ1) is 12.9. The lowest BCUT2D eigenvalue weighted by Crippen LogP contribution is -2.14. The third-order valence-corrected chi connectivity index (χ3v) is 2.00. The van der Waals surface area contributed by atoms with Gasteiger partial charge in [-0.15, -0.1) is 0 Å². The summed E-state index contributed by atoms with van der Waals surface area (Å²) >= 11 is 0. The van der Waals surface area contributed by atoms with Gasteiger partial charge in [0.05, 0.1) is 12.8 Å². The fraction of sp³-hybridized carbons (Fsp3) is 0.250. The second-order valence-corrected chi connectivity index (χ2v) is 3.34. The van der Waals surface area contributed by atoms with Gasteiger partial charge >= 0.3 is 11.9 Å². The van der Waals surface area contributed by atoms with Crippen LogP contribution in [0, 0.1) is 0 Å². The number of benzene rings is 1. The fourth-order valence-corrected chi connectivity index (χ4v) is 1.13. The van der Waals surface area contributed by atoms with Crippen LogP contribution in [0.25, 0.3) is 0 Å². The van der Waals surface area contributed by atoms with Gasteiger partial charge in [-0.05, 0) is 0 Å². The summed E-state index contributed by atoms with van der Waals surface area (Å²) in [7, 11) is 0. The van der Waals surface area contributed by atoms with Crippen LogP contribution in [0.1, 0.15) is 23.2 Å². The molecular weight excluding hydrogens is 224 g/mol. The summed E-state index contributed by atoms with van der Waals surface area (Å²) in [4.78, 5) is 32.7. The van der Waals surface area contributed by atoms with Crippen molar-refractivity contribution in [2.75, 3.05) is 6.61 Å². The number of ketones is 1. The first-order valence-electron chi connectivity index (χ1n) is 5.05. The average molecular weight is 236 g/mol. The Morgan fingerprint density at radius 2 is 1.71 bits per heavy atom. The highest BCUT2D eigenvalue weighted by molar-refractivity contribution is 5.97. The van der Waals surface area contributed by atoms with Gasteiger partial charge in [-0.2, -0.15) is 0 Å².